The molecule has 1 aliphatic carbocycles. The van der Waals surface area contributed by atoms with E-state index in [1.54, 1.807) is 0 Å². The number of halogens is 2. The average Bonchev–Trinajstić information content (AvgIpc) is 2.60. The minimum atomic E-state index is -0.932. The third kappa shape index (κ3) is 1.48. The third-order valence-corrected chi connectivity index (χ3v) is 3.51. The first-order valence-electron chi connectivity index (χ1n) is 5.91. The molecule has 18 heavy (non-hydrogen) atoms. The van der Waals surface area contributed by atoms with Gasteiger partial charge in [0.05, 0.1) is 0 Å². The Kier molecular flexibility index (Phi) is 2.15. The van der Waals surface area contributed by atoms with Gasteiger partial charge in [-0.3, -0.25) is 4.79 Å². The smallest absolute Gasteiger partial charge is 0.168 e. The predicted octanol–water partition coefficient (Wildman–Crippen LogP) is 3.60. The Morgan fingerprint density at radius 3 is 2.67 bits per heavy atom. The lowest BCUT2D eigenvalue weighted by atomic mass is 9.76. The molecule has 1 aliphatic rings. The van der Waals surface area contributed by atoms with Crippen LogP contribution in [-0.2, 0) is 6.42 Å². The monoisotopic (exact) mass is 249 g/mol. The number of benzene rings is 1. The number of fused-ring (bicyclic) bond motifs is 3. The lowest BCUT2D eigenvalue weighted by Crippen LogP contribution is -2.26. The largest absolute Gasteiger partial charge is 0.358 e. The molecule has 0 unspecified atom stereocenters. The van der Waals surface area contributed by atoms with Crippen LogP contribution >= 0.6 is 0 Å². The highest BCUT2D eigenvalue weighted by Gasteiger charge is 2.34. The zero-order valence-electron chi connectivity index (χ0n) is 10.2. The van der Waals surface area contributed by atoms with E-state index >= 15 is 0 Å². The van der Waals surface area contributed by atoms with E-state index in [0.29, 0.717) is 23.9 Å². The van der Waals surface area contributed by atoms with E-state index in [9.17, 15) is 13.6 Å². The highest BCUT2D eigenvalue weighted by molar-refractivity contribution is 6.10. The van der Waals surface area contributed by atoms with Crippen LogP contribution in [0.25, 0.3) is 10.9 Å². The molecule has 0 aliphatic heterocycles. The van der Waals surface area contributed by atoms with E-state index in [-0.39, 0.29) is 16.6 Å². The van der Waals surface area contributed by atoms with E-state index in [0.717, 1.165) is 11.8 Å². The van der Waals surface area contributed by atoms with Crippen molar-refractivity contribution in [3.63, 3.8) is 0 Å². The number of aromatic amines is 1. The fourth-order valence-corrected chi connectivity index (χ4v) is 2.78. The molecule has 0 saturated carbocycles. The Bertz CT molecular complexity index is 670. The molecular formula is C14H13F2NO. The molecule has 1 heterocycles. The van der Waals surface area contributed by atoms with Crippen LogP contribution in [0, 0.1) is 17.0 Å². The third-order valence-electron chi connectivity index (χ3n) is 3.51. The minimum Gasteiger partial charge on any atom is -0.358 e. The summed E-state index contributed by atoms with van der Waals surface area (Å²) in [5.74, 6) is -1.96. The van der Waals surface area contributed by atoms with Crippen molar-refractivity contribution in [3.8, 4) is 0 Å². The maximum atomic E-state index is 13.8. The topological polar surface area (TPSA) is 32.9 Å². The van der Waals surface area contributed by atoms with Gasteiger partial charge in [-0.1, -0.05) is 13.8 Å². The molecule has 94 valence electrons. The van der Waals surface area contributed by atoms with E-state index in [4.69, 9.17) is 0 Å². The summed E-state index contributed by atoms with van der Waals surface area (Å²) < 4.78 is 27.1. The lowest BCUT2D eigenvalue weighted by Gasteiger charge is -2.28. The summed E-state index contributed by atoms with van der Waals surface area (Å²) in [5, 5.41) is 0.102. The average molecular weight is 249 g/mol. The van der Waals surface area contributed by atoms with Gasteiger partial charge in [0.25, 0.3) is 0 Å². The van der Waals surface area contributed by atoms with E-state index in [1.165, 1.54) is 6.07 Å². The summed E-state index contributed by atoms with van der Waals surface area (Å²) in [7, 11) is 0. The van der Waals surface area contributed by atoms with Gasteiger partial charge in [-0.15, -0.1) is 0 Å². The number of hydrogen-bond donors (Lipinski definition) is 1. The highest BCUT2D eigenvalue weighted by atomic mass is 19.2. The van der Waals surface area contributed by atoms with E-state index in [2.05, 4.69) is 4.98 Å². The number of hydrogen-bond acceptors (Lipinski definition) is 1. The van der Waals surface area contributed by atoms with Crippen molar-refractivity contribution in [1.29, 1.82) is 0 Å². The number of H-pyrrole nitrogens is 1. The maximum Gasteiger partial charge on any atom is 0.168 e. The summed E-state index contributed by atoms with van der Waals surface area (Å²) >= 11 is 0. The number of rotatable bonds is 0. The van der Waals surface area contributed by atoms with Gasteiger partial charge in [0.2, 0.25) is 0 Å². The van der Waals surface area contributed by atoms with Crippen LogP contribution in [0.4, 0.5) is 8.78 Å². The minimum absolute atomic E-state index is 0.102. The van der Waals surface area contributed by atoms with Gasteiger partial charge in [0.1, 0.15) is 0 Å². The van der Waals surface area contributed by atoms with E-state index < -0.39 is 11.6 Å². The number of aromatic nitrogens is 1. The molecule has 0 atom stereocenters. The molecule has 2 aromatic rings. The van der Waals surface area contributed by atoms with Crippen LogP contribution in [-0.4, -0.2) is 10.8 Å². The van der Waals surface area contributed by atoms with Gasteiger partial charge >= 0.3 is 0 Å². The molecular weight excluding hydrogens is 236 g/mol. The number of carbonyl (C=O) groups is 1. The Labute approximate surface area is 103 Å². The number of ketones is 1. The second-order valence-corrected chi connectivity index (χ2v) is 5.70. The SMILES string of the molecule is CC1(C)CC(=O)c2c([nH]c3ccc(F)c(F)c23)C1. The van der Waals surface area contributed by atoms with Crippen molar-refractivity contribution >= 4 is 16.7 Å². The first kappa shape index (κ1) is 11.4. The first-order valence-corrected chi connectivity index (χ1v) is 5.91. The van der Waals surface area contributed by atoms with Crippen molar-refractivity contribution in [2.75, 3.05) is 0 Å². The number of nitrogens with one attached hydrogen (secondary N) is 1. The van der Waals surface area contributed by atoms with Crippen LogP contribution in [0.15, 0.2) is 12.1 Å². The molecule has 1 aromatic carbocycles. The summed E-state index contributed by atoms with van der Waals surface area (Å²) in [5.41, 5.74) is 1.40. The predicted molar refractivity (Wildman–Crippen MR) is 64.6 cm³/mol. The molecule has 0 bridgehead atoms. The van der Waals surface area contributed by atoms with Gasteiger partial charge in [-0.2, -0.15) is 0 Å². The summed E-state index contributed by atoms with van der Waals surface area (Å²) in [6, 6.07) is 2.56. The molecule has 0 saturated heterocycles. The lowest BCUT2D eigenvalue weighted by molar-refractivity contribution is 0.0913. The Hall–Kier alpha value is -1.71. The second kappa shape index (κ2) is 3.40. The van der Waals surface area contributed by atoms with Crippen LogP contribution in [0.5, 0.6) is 0 Å². The van der Waals surface area contributed by atoms with Crippen LogP contribution in [0.1, 0.15) is 36.3 Å². The molecule has 0 radical (unpaired) electrons. The van der Waals surface area contributed by atoms with Crippen molar-refractivity contribution < 1.29 is 13.6 Å². The molecule has 4 heteroatoms. The van der Waals surface area contributed by atoms with Crippen molar-refractivity contribution in [3.05, 3.63) is 35.0 Å². The molecule has 1 N–H and O–H groups in total. The molecule has 0 spiro atoms. The van der Waals surface area contributed by atoms with Gasteiger partial charge in [-0.05, 0) is 24.0 Å². The van der Waals surface area contributed by atoms with Crippen LogP contribution in [0.2, 0.25) is 0 Å². The van der Waals surface area contributed by atoms with Crippen molar-refractivity contribution in [2.24, 2.45) is 5.41 Å². The molecule has 1 aromatic heterocycles. The van der Waals surface area contributed by atoms with E-state index in [1.807, 2.05) is 13.8 Å². The summed E-state index contributed by atoms with van der Waals surface area (Å²) in [6.07, 6.45) is 1.03. The Morgan fingerprint density at radius 1 is 1.22 bits per heavy atom. The normalized spacial score (nSPS) is 18.1. The van der Waals surface area contributed by atoms with Gasteiger partial charge in [-0.25, -0.2) is 8.78 Å². The van der Waals surface area contributed by atoms with Crippen molar-refractivity contribution in [1.82, 2.24) is 4.98 Å². The number of Topliss-reactive ketones (excluding diaryl/α,β-unsaturated/α-hetero) is 1. The fraction of sp³-hybridized carbons (Fsp3) is 0.357. The van der Waals surface area contributed by atoms with Gasteiger partial charge in [0.15, 0.2) is 17.4 Å². The zero-order chi connectivity index (χ0) is 13.1. The zero-order valence-corrected chi connectivity index (χ0v) is 10.2. The van der Waals surface area contributed by atoms with Gasteiger partial charge in [0, 0.05) is 28.6 Å². The standard InChI is InChI=1S/C14H13F2NO/c1-14(2)5-9-11(10(18)6-14)12-8(17-9)4-3-7(15)13(12)16/h3-4,17H,5-6H2,1-2H3. The summed E-state index contributed by atoms with van der Waals surface area (Å²) in [4.78, 5) is 15.2. The Morgan fingerprint density at radius 2 is 1.94 bits per heavy atom. The fourth-order valence-electron chi connectivity index (χ4n) is 2.78. The first-order chi connectivity index (χ1) is 8.39. The highest BCUT2D eigenvalue weighted by Crippen LogP contribution is 2.38. The summed E-state index contributed by atoms with van der Waals surface area (Å²) in [6.45, 7) is 3.99. The number of carbonyl (C=O) groups excluding carboxylic acids is 1. The van der Waals surface area contributed by atoms with Crippen molar-refractivity contribution in [2.45, 2.75) is 26.7 Å². The van der Waals surface area contributed by atoms with Crippen LogP contribution in [0.3, 0.4) is 0 Å². The molecule has 2 nitrogen and oxygen atoms in total. The Balaban J connectivity index is 2.35. The van der Waals surface area contributed by atoms with Gasteiger partial charge < -0.3 is 4.98 Å². The second-order valence-electron chi connectivity index (χ2n) is 5.70. The molecule has 0 fully saturated rings. The maximum absolute atomic E-state index is 13.8. The van der Waals surface area contributed by atoms with Crippen LogP contribution < -0.4 is 0 Å². The molecule has 0 amide bonds. The molecule has 3 rings (SSSR count). The quantitative estimate of drug-likeness (QED) is 0.760.